The van der Waals surface area contributed by atoms with Gasteiger partial charge in [-0.3, -0.25) is 0 Å². The number of aromatic nitrogens is 1. The van der Waals surface area contributed by atoms with Crippen molar-refractivity contribution in [2.45, 2.75) is 6.17 Å². The van der Waals surface area contributed by atoms with Crippen molar-refractivity contribution in [3.8, 4) is 16.8 Å². The minimum Gasteiger partial charge on any atom is -0.344 e. The lowest BCUT2D eigenvalue weighted by Crippen LogP contribution is -2.33. The van der Waals surface area contributed by atoms with E-state index in [0.717, 1.165) is 28.2 Å². The molecule has 3 heterocycles. The molecule has 7 aromatic carbocycles. The van der Waals surface area contributed by atoms with Crippen LogP contribution in [0.5, 0.6) is 0 Å². The van der Waals surface area contributed by atoms with Gasteiger partial charge in [-0.05, 0) is 47.0 Å². The van der Waals surface area contributed by atoms with E-state index in [2.05, 4.69) is 155 Å². The summed E-state index contributed by atoms with van der Waals surface area (Å²) in [5, 5.41) is 8.78. The Bertz CT molecular complexity index is 2770. The Morgan fingerprint density at radius 2 is 1.20 bits per heavy atom. The molecule has 2 aromatic heterocycles. The van der Waals surface area contributed by atoms with E-state index in [1.165, 1.54) is 53.1 Å². The maximum Gasteiger partial charge on any atom is 0.159 e. The van der Waals surface area contributed by atoms with Crippen LogP contribution in [0.25, 0.3) is 58.8 Å². The van der Waals surface area contributed by atoms with Gasteiger partial charge in [0.05, 0.1) is 11.0 Å². The predicted molar refractivity (Wildman–Crippen MR) is 211 cm³/mol. The summed E-state index contributed by atoms with van der Waals surface area (Å²) in [5.41, 5.74) is 8.96. The average molecular weight is 659 g/mol. The Morgan fingerprint density at radius 3 is 2.02 bits per heavy atom. The first-order valence-electron chi connectivity index (χ1n) is 16.9. The number of benzene rings is 7. The van der Waals surface area contributed by atoms with E-state index in [-0.39, 0.29) is 6.17 Å². The first kappa shape index (κ1) is 28.7. The lowest BCUT2D eigenvalue weighted by Gasteiger charge is -2.24. The molecule has 1 aliphatic rings. The third-order valence-corrected chi connectivity index (χ3v) is 10.8. The maximum absolute atomic E-state index is 5.24. The molecule has 0 fully saturated rings. The van der Waals surface area contributed by atoms with Crippen LogP contribution in [0.3, 0.4) is 0 Å². The van der Waals surface area contributed by atoms with Gasteiger partial charge in [-0.25, -0.2) is 9.98 Å². The van der Waals surface area contributed by atoms with Crippen molar-refractivity contribution in [2.24, 2.45) is 9.98 Å². The standard InChI is InChI=1S/C45H30N4S/c1-3-12-29(13-4-1)30-22-24-32(25-23-30)44-46-43(31-14-5-2-6-15-31)47-45(48-44)33-16-11-17-34(28-33)49-38-20-9-7-18-35(38)36-26-27-40-41(42(36)49)37-19-8-10-21-39(37)50-40/h1-28,45H,(H,46,47,48). The maximum atomic E-state index is 5.24. The van der Waals surface area contributed by atoms with Gasteiger partial charge < -0.3 is 9.88 Å². The van der Waals surface area contributed by atoms with Gasteiger partial charge in [0, 0.05) is 47.8 Å². The van der Waals surface area contributed by atoms with Crippen molar-refractivity contribution in [1.29, 1.82) is 0 Å². The highest BCUT2D eigenvalue weighted by molar-refractivity contribution is 7.26. The molecule has 50 heavy (non-hydrogen) atoms. The second-order valence-electron chi connectivity index (χ2n) is 12.7. The number of thiophene rings is 1. The number of para-hydroxylation sites is 1. The number of hydrogen-bond donors (Lipinski definition) is 1. The molecular weight excluding hydrogens is 629 g/mol. The summed E-state index contributed by atoms with van der Waals surface area (Å²) < 4.78 is 5.04. The lowest BCUT2D eigenvalue weighted by atomic mass is 10.0. The molecule has 0 aliphatic carbocycles. The zero-order valence-electron chi connectivity index (χ0n) is 27.0. The van der Waals surface area contributed by atoms with Crippen molar-refractivity contribution in [3.05, 3.63) is 187 Å². The Kier molecular flexibility index (Phi) is 6.71. The van der Waals surface area contributed by atoms with Crippen LogP contribution in [-0.4, -0.2) is 16.2 Å². The fourth-order valence-electron chi connectivity index (χ4n) is 7.30. The van der Waals surface area contributed by atoms with Crippen LogP contribution in [0, 0.1) is 0 Å². The summed E-state index contributed by atoms with van der Waals surface area (Å²) in [4.78, 5) is 10.3. The van der Waals surface area contributed by atoms with Crippen LogP contribution >= 0.6 is 11.3 Å². The molecule has 9 aromatic rings. The van der Waals surface area contributed by atoms with Crippen LogP contribution in [0.4, 0.5) is 0 Å². The van der Waals surface area contributed by atoms with Crippen LogP contribution in [0.2, 0.25) is 0 Å². The normalized spacial score (nSPS) is 14.6. The van der Waals surface area contributed by atoms with Gasteiger partial charge in [-0.2, -0.15) is 0 Å². The first-order valence-corrected chi connectivity index (χ1v) is 17.7. The smallest absolute Gasteiger partial charge is 0.159 e. The highest BCUT2D eigenvalue weighted by Gasteiger charge is 2.23. The minimum absolute atomic E-state index is 0.332. The summed E-state index contributed by atoms with van der Waals surface area (Å²) in [6.45, 7) is 0. The van der Waals surface area contributed by atoms with Gasteiger partial charge in [0.1, 0.15) is 12.0 Å². The predicted octanol–water partition coefficient (Wildman–Crippen LogP) is 11.3. The lowest BCUT2D eigenvalue weighted by molar-refractivity contribution is 0.674. The number of fused-ring (bicyclic) bond motifs is 7. The van der Waals surface area contributed by atoms with E-state index >= 15 is 0 Å². The Labute approximate surface area is 293 Å². The zero-order valence-corrected chi connectivity index (χ0v) is 27.8. The molecule has 236 valence electrons. The van der Waals surface area contributed by atoms with Gasteiger partial charge in [0.2, 0.25) is 0 Å². The molecule has 1 aliphatic heterocycles. The van der Waals surface area contributed by atoms with Gasteiger partial charge >= 0.3 is 0 Å². The molecule has 0 amide bonds. The summed E-state index contributed by atoms with van der Waals surface area (Å²) in [6, 6.07) is 60.2. The Hall–Kier alpha value is -6.30. The summed E-state index contributed by atoms with van der Waals surface area (Å²) in [5.74, 6) is 1.52. The van der Waals surface area contributed by atoms with Crippen molar-refractivity contribution in [2.75, 3.05) is 0 Å². The number of nitrogens with zero attached hydrogens (tertiary/aromatic N) is 3. The van der Waals surface area contributed by atoms with Crippen LogP contribution in [0.15, 0.2) is 180 Å². The number of amidine groups is 2. The van der Waals surface area contributed by atoms with E-state index < -0.39 is 0 Å². The van der Waals surface area contributed by atoms with E-state index in [1.807, 2.05) is 35.6 Å². The third-order valence-electron chi connectivity index (χ3n) is 9.66. The molecule has 1 N–H and O–H groups in total. The molecule has 4 nitrogen and oxygen atoms in total. The summed E-state index contributed by atoms with van der Waals surface area (Å²) in [6.07, 6.45) is -0.332. The molecule has 0 radical (unpaired) electrons. The molecule has 0 saturated heterocycles. The summed E-state index contributed by atoms with van der Waals surface area (Å²) >= 11 is 1.86. The fraction of sp³-hybridized carbons (Fsp3) is 0.0222. The van der Waals surface area contributed by atoms with Gasteiger partial charge in [0.15, 0.2) is 5.84 Å². The van der Waals surface area contributed by atoms with Crippen LogP contribution in [-0.2, 0) is 0 Å². The molecule has 0 saturated carbocycles. The highest BCUT2D eigenvalue weighted by atomic mass is 32.1. The second-order valence-corrected chi connectivity index (χ2v) is 13.7. The Balaban J connectivity index is 1.13. The monoisotopic (exact) mass is 658 g/mol. The van der Waals surface area contributed by atoms with Gasteiger partial charge in [-0.15, -0.1) is 11.3 Å². The van der Waals surface area contributed by atoms with E-state index in [4.69, 9.17) is 9.98 Å². The topological polar surface area (TPSA) is 41.7 Å². The largest absolute Gasteiger partial charge is 0.344 e. The third kappa shape index (κ3) is 4.74. The Morgan fingerprint density at radius 1 is 0.520 bits per heavy atom. The van der Waals surface area contributed by atoms with Crippen molar-refractivity contribution in [3.63, 3.8) is 0 Å². The summed E-state index contributed by atoms with van der Waals surface area (Å²) in [7, 11) is 0. The number of aliphatic imine (C=N–C) groups is 2. The molecule has 1 unspecified atom stereocenters. The molecular formula is C45H30N4S. The van der Waals surface area contributed by atoms with Crippen molar-refractivity contribution < 1.29 is 0 Å². The molecule has 10 rings (SSSR count). The van der Waals surface area contributed by atoms with E-state index in [0.29, 0.717) is 5.84 Å². The average Bonchev–Trinajstić information content (AvgIpc) is 3.74. The highest BCUT2D eigenvalue weighted by Crippen LogP contribution is 2.43. The first-order chi connectivity index (χ1) is 24.8. The number of hydrogen-bond acceptors (Lipinski definition) is 4. The van der Waals surface area contributed by atoms with Crippen LogP contribution in [0.1, 0.15) is 22.9 Å². The molecule has 1 atom stereocenters. The zero-order chi connectivity index (χ0) is 33.0. The van der Waals surface area contributed by atoms with E-state index in [1.54, 1.807) is 0 Å². The number of nitrogens with one attached hydrogen (secondary N) is 1. The van der Waals surface area contributed by atoms with E-state index in [9.17, 15) is 0 Å². The SMILES string of the molecule is c1ccc(C2=NC(c3ccc(-c4ccccc4)cc3)=NC(c3cccc(-n4c5ccccc5c5ccc6sc7ccccc7c6c54)c3)N2)cc1. The molecule has 5 heteroatoms. The molecule has 0 spiro atoms. The minimum atomic E-state index is -0.332. The second kappa shape index (κ2) is 11.7. The number of rotatable bonds is 5. The molecule has 0 bridgehead atoms. The van der Waals surface area contributed by atoms with Crippen LogP contribution < -0.4 is 5.32 Å². The van der Waals surface area contributed by atoms with Gasteiger partial charge in [-0.1, -0.05) is 140 Å². The van der Waals surface area contributed by atoms with Crippen molar-refractivity contribution >= 4 is 65.0 Å². The fourth-order valence-corrected chi connectivity index (χ4v) is 8.41. The van der Waals surface area contributed by atoms with Crippen molar-refractivity contribution in [1.82, 2.24) is 9.88 Å². The quantitative estimate of drug-likeness (QED) is 0.196. The van der Waals surface area contributed by atoms with Gasteiger partial charge in [0.25, 0.3) is 0 Å².